The van der Waals surface area contributed by atoms with Crippen LogP contribution in [0.5, 0.6) is 5.75 Å². The molecule has 0 bridgehead atoms. The van der Waals surface area contributed by atoms with Gasteiger partial charge in [-0.05, 0) is 18.1 Å². The van der Waals surface area contributed by atoms with Crippen LogP contribution in [0, 0.1) is 0 Å². The van der Waals surface area contributed by atoms with Gasteiger partial charge in [0.2, 0.25) is 5.91 Å². The van der Waals surface area contributed by atoms with Crippen molar-refractivity contribution in [1.29, 1.82) is 0 Å². The number of methoxy groups -OCH3 is 1. The Balaban J connectivity index is 1.55. The molecule has 1 aliphatic rings. The van der Waals surface area contributed by atoms with Crippen LogP contribution in [-0.4, -0.2) is 66.9 Å². The lowest BCUT2D eigenvalue weighted by atomic mass is 10.1. The van der Waals surface area contributed by atoms with Gasteiger partial charge in [-0.2, -0.15) is 5.10 Å². The van der Waals surface area contributed by atoms with E-state index >= 15 is 0 Å². The molecule has 2 heterocycles. The van der Waals surface area contributed by atoms with E-state index in [4.69, 9.17) is 4.74 Å². The number of benzene rings is 1. The van der Waals surface area contributed by atoms with Crippen molar-refractivity contribution in [1.82, 2.24) is 20.0 Å². The van der Waals surface area contributed by atoms with Crippen LogP contribution >= 0.6 is 0 Å². The molecule has 1 aliphatic heterocycles. The summed E-state index contributed by atoms with van der Waals surface area (Å²) in [7, 11) is 5.26. The van der Waals surface area contributed by atoms with Gasteiger partial charge in [-0.25, -0.2) is 0 Å². The van der Waals surface area contributed by atoms with Crippen molar-refractivity contribution in [3.8, 4) is 5.75 Å². The maximum absolute atomic E-state index is 12.6. The fraction of sp³-hybridized carbons (Fsp3) is 0.421. The number of carbonyl (C=O) groups excluding carboxylic acids is 1. The number of carbonyl (C=O) groups is 1. The number of ether oxygens (including phenoxy) is 1. The maximum atomic E-state index is 12.6. The van der Waals surface area contributed by atoms with E-state index in [-0.39, 0.29) is 5.91 Å². The highest BCUT2D eigenvalue weighted by atomic mass is 16.5. The second-order valence-electron chi connectivity index (χ2n) is 6.37. The molecule has 8 nitrogen and oxygen atoms in total. The third-order valence-electron chi connectivity index (χ3n) is 4.60. The van der Waals surface area contributed by atoms with Crippen molar-refractivity contribution in [2.75, 3.05) is 45.2 Å². The van der Waals surface area contributed by atoms with Gasteiger partial charge in [0.1, 0.15) is 12.3 Å². The highest BCUT2D eigenvalue weighted by Gasteiger charge is 2.27. The number of rotatable bonds is 5. The van der Waals surface area contributed by atoms with Gasteiger partial charge in [-0.15, -0.1) is 0 Å². The molecule has 2 aromatic rings. The van der Waals surface area contributed by atoms with E-state index in [1.165, 1.54) is 0 Å². The molecular weight excluding hydrogens is 344 g/mol. The summed E-state index contributed by atoms with van der Waals surface area (Å²) in [5.74, 6) is 1.67. The molecule has 3 rings (SSSR count). The summed E-state index contributed by atoms with van der Waals surface area (Å²) in [5, 5.41) is 7.49. The fourth-order valence-electron chi connectivity index (χ4n) is 3.23. The van der Waals surface area contributed by atoms with Gasteiger partial charge in [-0.1, -0.05) is 18.2 Å². The molecule has 1 fully saturated rings. The number of aryl methyl sites for hydroxylation is 1. The minimum Gasteiger partial charge on any atom is -0.496 e. The van der Waals surface area contributed by atoms with Crippen molar-refractivity contribution in [3.05, 3.63) is 42.2 Å². The van der Waals surface area contributed by atoms with Gasteiger partial charge in [0, 0.05) is 39.9 Å². The van der Waals surface area contributed by atoms with Gasteiger partial charge in [0.15, 0.2) is 5.96 Å². The predicted octanol–water partition coefficient (Wildman–Crippen LogP) is 0.895. The minimum absolute atomic E-state index is 0.0435. The highest BCUT2D eigenvalue weighted by molar-refractivity contribution is 5.98. The van der Waals surface area contributed by atoms with E-state index in [2.05, 4.69) is 21.5 Å². The first-order valence-corrected chi connectivity index (χ1v) is 8.99. The molecule has 0 atom stereocenters. The molecule has 1 saturated heterocycles. The Hall–Kier alpha value is -3.03. The molecule has 0 radical (unpaired) electrons. The molecule has 27 heavy (non-hydrogen) atoms. The van der Waals surface area contributed by atoms with Gasteiger partial charge in [0.05, 0.1) is 19.0 Å². The minimum atomic E-state index is 0.0435. The number of piperazine rings is 1. The summed E-state index contributed by atoms with van der Waals surface area (Å²) in [6.07, 6.45) is 4.38. The molecule has 1 N–H and O–H groups in total. The number of aromatic nitrogens is 2. The second-order valence-corrected chi connectivity index (χ2v) is 6.37. The molecule has 1 amide bonds. The largest absolute Gasteiger partial charge is 0.496 e. The Labute approximate surface area is 159 Å². The first-order chi connectivity index (χ1) is 13.1. The van der Waals surface area contributed by atoms with Crippen LogP contribution in [0.2, 0.25) is 0 Å². The summed E-state index contributed by atoms with van der Waals surface area (Å²) in [5.41, 5.74) is 1.97. The van der Waals surface area contributed by atoms with Crippen LogP contribution < -0.4 is 15.0 Å². The molecule has 0 saturated carbocycles. The van der Waals surface area contributed by atoms with Crippen molar-refractivity contribution >= 4 is 17.6 Å². The predicted molar refractivity (Wildman–Crippen MR) is 105 cm³/mol. The van der Waals surface area contributed by atoms with E-state index in [9.17, 15) is 4.79 Å². The molecule has 1 aromatic heterocycles. The monoisotopic (exact) mass is 370 g/mol. The second kappa shape index (κ2) is 8.57. The van der Waals surface area contributed by atoms with Gasteiger partial charge >= 0.3 is 0 Å². The number of hydrogen-bond acceptors (Lipinski definition) is 4. The standard InChI is InChI=1S/C19H26N6O2/c1-20-19(21-9-8-15-6-4-5-7-17(15)27-3)24-10-11-25(18(26)14-24)16-12-22-23(2)13-16/h4-7,12-13H,8-11,14H2,1-3H3,(H,20,21). The third-order valence-corrected chi connectivity index (χ3v) is 4.60. The average molecular weight is 370 g/mol. The van der Waals surface area contributed by atoms with E-state index in [0.29, 0.717) is 19.6 Å². The summed E-state index contributed by atoms with van der Waals surface area (Å²) in [6.45, 7) is 2.33. The van der Waals surface area contributed by atoms with E-state index < -0.39 is 0 Å². The van der Waals surface area contributed by atoms with Crippen LogP contribution in [0.3, 0.4) is 0 Å². The number of aliphatic imine (C=N–C) groups is 1. The Bertz CT molecular complexity index is 816. The van der Waals surface area contributed by atoms with Crippen molar-refractivity contribution in [2.45, 2.75) is 6.42 Å². The Morgan fingerprint density at radius 2 is 2.15 bits per heavy atom. The average Bonchev–Trinajstić information content (AvgIpc) is 3.11. The van der Waals surface area contributed by atoms with Crippen molar-refractivity contribution < 1.29 is 9.53 Å². The van der Waals surface area contributed by atoms with Gasteiger partial charge in [0.25, 0.3) is 0 Å². The number of amides is 1. The first-order valence-electron chi connectivity index (χ1n) is 8.99. The lowest BCUT2D eigenvalue weighted by Gasteiger charge is -2.35. The molecule has 0 spiro atoms. The van der Waals surface area contributed by atoms with Crippen LogP contribution in [0.15, 0.2) is 41.7 Å². The lowest BCUT2D eigenvalue weighted by Crippen LogP contribution is -2.55. The first kappa shape index (κ1) is 18.8. The zero-order valence-corrected chi connectivity index (χ0v) is 16.1. The van der Waals surface area contributed by atoms with Crippen LogP contribution in [-0.2, 0) is 18.3 Å². The van der Waals surface area contributed by atoms with E-state index in [1.807, 2.05) is 36.3 Å². The van der Waals surface area contributed by atoms with Crippen molar-refractivity contribution in [2.24, 2.45) is 12.0 Å². The maximum Gasteiger partial charge on any atom is 0.246 e. The lowest BCUT2D eigenvalue weighted by molar-refractivity contribution is -0.120. The Morgan fingerprint density at radius 1 is 1.33 bits per heavy atom. The summed E-state index contributed by atoms with van der Waals surface area (Å²) >= 11 is 0. The SMILES string of the molecule is CN=C(NCCc1ccccc1OC)N1CCN(c2cnn(C)c2)C(=O)C1. The quantitative estimate of drug-likeness (QED) is 0.625. The Morgan fingerprint density at radius 3 is 2.81 bits per heavy atom. The summed E-state index contributed by atoms with van der Waals surface area (Å²) in [6, 6.07) is 7.98. The third kappa shape index (κ3) is 4.39. The molecule has 8 heteroatoms. The topological polar surface area (TPSA) is 75.0 Å². The molecule has 0 unspecified atom stereocenters. The number of anilines is 1. The van der Waals surface area contributed by atoms with Crippen LogP contribution in [0.25, 0.3) is 0 Å². The van der Waals surface area contributed by atoms with Crippen LogP contribution in [0.1, 0.15) is 5.56 Å². The molecular formula is C19H26N6O2. The number of hydrogen-bond donors (Lipinski definition) is 1. The fourth-order valence-corrected chi connectivity index (χ4v) is 3.23. The zero-order valence-electron chi connectivity index (χ0n) is 16.1. The number of guanidine groups is 1. The Kier molecular flexibility index (Phi) is 5.95. The summed E-state index contributed by atoms with van der Waals surface area (Å²) < 4.78 is 7.09. The smallest absolute Gasteiger partial charge is 0.246 e. The number of nitrogens with one attached hydrogen (secondary N) is 1. The van der Waals surface area contributed by atoms with Crippen LogP contribution in [0.4, 0.5) is 5.69 Å². The molecule has 0 aliphatic carbocycles. The summed E-state index contributed by atoms with van der Waals surface area (Å²) in [4.78, 5) is 20.6. The number of nitrogens with zero attached hydrogens (tertiary/aromatic N) is 5. The zero-order chi connectivity index (χ0) is 19.2. The number of para-hydroxylation sites is 1. The van der Waals surface area contributed by atoms with E-state index in [0.717, 1.165) is 35.9 Å². The normalized spacial score (nSPS) is 15.2. The van der Waals surface area contributed by atoms with Crippen molar-refractivity contribution in [3.63, 3.8) is 0 Å². The molecule has 144 valence electrons. The highest BCUT2D eigenvalue weighted by Crippen LogP contribution is 2.18. The molecule has 1 aromatic carbocycles. The van der Waals surface area contributed by atoms with E-state index in [1.54, 1.807) is 29.9 Å². The van der Waals surface area contributed by atoms with Gasteiger partial charge in [-0.3, -0.25) is 14.5 Å². The van der Waals surface area contributed by atoms with Gasteiger partial charge < -0.3 is 19.9 Å².